The molecule has 2 aromatic carbocycles. The van der Waals surface area contributed by atoms with Gasteiger partial charge in [0.15, 0.2) is 0 Å². The van der Waals surface area contributed by atoms with E-state index in [1.807, 2.05) is 47.8 Å². The first-order valence-corrected chi connectivity index (χ1v) is 10.6. The molecule has 1 aliphatic heterocycles. The lowest BCUT2D eigenvalue weighted by atomic mass is 10.1. The minimum absolute atomic E-state index is 0.0319. The third kappa shape index (κ3) is 4.54. The second-order valence-electron chi connectivity index (χ2n) is 7.34. The van der Waals surface area contributed by atoms with Gasteiger partial charge in [0, 0.05) is 30.5 Å². The van der Waals surface area contributed by atoms with Crippen LogP contribution in [0, 0.1) is 12.8 Å². The second-order valence-corrected chi connectivity index (χ2v) is 8.20. The quantitative estimate of drug-likeness (QED) is 0.679. The van der Waals surface area contributed by atoms with Gasteiger partial charge in [-0.15, -0.1) is 11.3 Å². The first kappa shape index (κ1) is 19.3. The Hall–Kier alpha value is -2.99. The van der Waals surface area contributed by atoms with Crippen molar-refractivity contribution in [2.45, 2.75) is 26.4 Å². The third-order valence-electron chi connectivity index (χ3n) is 5.17. The number of carbonyl (C=O) groups excluding carboxylic acids is 2. The van der Waals surface area contributed by atoms with E-state index >= 15 is 0 Å². The van der Waals surface area contributed by atoms with Crippen molar-refractivity contribution in [1.82, 2.24) is 15.2 Å². The average molecular weight is 406 g/mol. The van der Waals surface area contributed by atoms with E-state index in [0.717, 1.165) is 21.8 Å². The van der Waals surface area contributed by atoms with Gasteiger partial charge in [-0.2, -0.15) is 0 Å². The predicted molar refractivity (Wildman–Crippen MR) is 114 cm³/mol. The van der Waals surface area contributed by atoms with Crippen LogP contribution in [0.4, 0.5) is 0 Å². The fourth-order valence-electron chi connectivity index (χ4n) is 3.55. The number of nitrogens with one attached hydrogen (secondary N) is 1. The number of carbonyl (C=O) groups is 2. The number of rotatable bonds is 6. The van der Waals surface area contributed by atoms with Gasteiger partial charge in [0.25, 0.3) is 0 Å². The molecule has 0 bridgehead atoms. The third-order valence-corrected chi connectivity index (χ3v) is 6.10. The molecule has 1 atom stereocenters. The molecule has 0 aliphatic carbocycles. The zero-order valence-electron chi connectivity index (χ0n) is 16.3. The lowest BCUT2D eigenvalue weighted by molar-refractivity contribution is -0.129. The van der Waals surface area contributed by atoms with Crippen molar-refractivity contribution >= 4 is 23.2 Å². The molecule has 4 rings (SSSR count). The van der Waals surface area contributed by atoms with Crippen molar-refractivity contribution in [3.8, 4) is 10.6 Å². The maximum absolute atomic E-state index is 12.6. The largest absolute Gasteiger partial charge is 0.350 e. The molecule has 1 aliphatic rings. The van der Waals surface area contributed by atoms with Gasteiger partial charge in [0.1, 0.15) is 5.01 Å². The van der Waals surface area contributed by atoms with Crippen LogP contribution < -0.4 is 5.32 Å². The van der Waals surface area contributed by atoms with Crippen molar-refractivity contribution in [3.05, 3.63) is 76.8 Å². The Balaban J connectivity index is 1.32. The smallest absolute Gasteiger partial charge is 0.225 e. The van der Waals surface area contributed by atoms with E-state index in [-0.39, 0.29) is 24.2 Å². The normalized spacial score (nSPS) is 16.2. The van der Waals surface area contributed by atoms with Crippen LogP contribution in [0.3, 0.4) is 0 Å². The number of benzene rings is 2. The van der Waals surface area contributed by atoms with Crippen LogP contribution in [-0.2, 0) is 22.7 Å². The van der Waals surface area contributed by atoms with E-state index in [9.17, 15) is 9.59 Å². The van der Waals surface area contributed by atoms with Crippen molar-refractivity contribution < 1.29 is 9.59 Å². The fraction of sp³-hybridized carbons (Fsp3) is 0.261. The van der Waals surface area contributed by atoms with E-state index in [0.29, 0.717) is 19.6 Å². The molecule has 1 unspecified atom stereocenters. The Labute approximate surface area is 174 Å². The summed E-state index contributed by atoms with van der Waals surface area (Å²) in [6.07, 6.45) is 0.268. The van der Waals surface area contributed by atoms with Gasteiger partial charge in [0.05, 0.1) is 18.2 Å². The number of likely N-dealkylation sites (tertiary alicyclic amines) is 1. The van der Waals surface area contributed by atoms with Crippen LogP contribution in [0.1, 0.15) is 23.2 Å². The van der Waals surface area contributed by atoms with Gasteiger partial charge in [-0.05, 0) is 18.1 Å². The van der Waals surface area contributed by atoms with E-state index in [4.69, 9.17) is 0 Å². The molecule has 0 saturated carbocycles. The summed E-state index contributed by atoms with van der Waals surface area (Å²) in [5.41, 5.74) is 4.22. The number of aryl methyl sites for hydroxylation is 1. The molecule has 1 fully saturated rings. The van der Waals surface area contributed by atoms with Crippen LogP contribution in [-0.4, -0.2) is 28.2 Å². The van der Waals surface area contributed by atoms with Gasteiger partial charge < -0.3 is 10.2 Å². The number of hydrogen-bond donors (Lipinski definition) is 1. The molecular weight excluding hydrogens is 382 g/mol. The topological polar surface area (TPSA) is 62.3 Å². The van der Waals surface area contributed by atoms with Crippen molar-refractivity contribution in [3.63, 3.8) is 0 Å². The van der Waals surface area contributed by atoms with Gasteiger partial charge in [-0.25, -0.2) is 4.98 Å². The minimum Gasteiger partial charge on any atom is -0.350 e. The molecule has 3 aromatic rings. The molecular formula is C23H23N3O2S. The molecule has 148 valence electrons. The zero-order chi connectivity index (χ0) is 20.2. The zero-order valence-corrected chi connectivity index (χ0v) is 17.1. The van der Waals surface area contributed by atoms with E-state index in [1.165, 1.54) is 5.56 Å². The summed E-state index contributed by atoms with van der Waals surface area (Å²) < 4.78 is 0. The highest BCUT2D eigenvalue weighted by molar-refractivity contribution is 7.13. The maximum Gasteiger partial charge on any atom is 0.225 e. The van der Waals surface area contributed by atoms with Crippen molar-refractivity contribution in [2.75, 3.05) is 6.54 Å². The Bertz CT molecular complexity index is 1020. The van der Waals surface area contributed by atoms with Crippen LogP contribution in [0.15, 0.2) is 60.0 Å². The summed E-state index contributed by atoms with van der Waals surface area (Å²) in [6.45, 7) is 3.46. The van der Waals surface area contributed by atoms with E-state index < -0.39 is 0 Å². The van der Waals surface area contributed by atoms with Crippen molar-refractivity contribution in [1.29, 1.82) is 0 Å². The van der Waals surface area contributed by atoms with E-state index in [1.54, 1.807) is 16.2 Å². The lowest BCUT2D eigenvalue weighted by Gasteiger charge is -2.16. The number of thiazole rings is 1. The highest BCUT2D eigenvalue weighted by Gasteiger charge is 2.34. The van der Waals surface area contributed by atoms with Crippen LogP contribution in [0.25, 0.3) is 10.6 Å². The molecule has 2 heterocycles. The molecule has 2 amide bonds. The maximum atomic E-state index is 12.6. The highest BCUT2D eigenvalue weighted by atomic mass is 32.1. The Morgan fingerprint density at radius 2 is 1.93 bits per heavy atom. The SMILES string of the molecule is Cc1ccccc1-c1nc(CNC(=O)C2CC(=O)N(Cc3ccccc3)C2)cs1. The number of aromatic nitrogens is 1. The Morgan fingerprint density at radius 3 is 2.72 bits per heavy atom. The molecule has 0 radical (unpaired) electrons. The van der Waals surface area contributed by atoms with Gasteiger partial charge in [0.2, 0.25) is 11.8 Å². The second kappa shape index (κ2) is 8.57. The first-order chi connectivity index (χ1) is 14.1. The lowest BCUT2D eigenvalue weighted by Crippen LogP contribution is -2.32. The van der Waals surface area contributed by atoms with Gasteiger partial charge in [-0.3, -0.25) is 9.59 Å². The summed E-state index contributed by atoms with van der Waals surface area (Å²) >= 11 is 1.58. The number of nitrogens with zero attached hydrogens (tertiary/aromatic N) is 2. The number of hydrogen-bond acceptors (Lipinski definition) is 4. The molecule has 1 aromatic heterocycles. The summed E-state index contributed by atoms with van der Waals surface area (Å²) in [5.74, 6) is -0.357. The monoisotopic (exact) mass is 405 g/mol. The van der Waals surface area contributed by atoms with Crippen LogP contribution in [0.5, 0.6) is 0 Å². The molecule has 6 heteroatoms. The van der Waals surface area contributed by atoms with Crippen molar-refractivity contribution in [2.24, 2.45) is 5.92 Å². The summed E-state index contributed by atoms with van der Waals surface area (Å²) in [6, 6.07) is 18.0. The standard InChI is InChI=1S/C23H23N3O2S/c1-16-7-5-6-10-20(16)23-25-19(15-29-23)12-24-22(28)18-11-21(27)26(14-18)13-17-8-3-2-4-9-17/h2-10,15,18H,11-14H2,1H3,(H,24,28). The molecule has 29 heavy (non-hydrogen) atoms. The average Bonchev–Trinajstić information content (AvgIpc) is 3.34. The Morgan fingerprint density at radius 1 is 1.17 bits per heavy atom. The first-order valence-electron chi connectivity index (χ1n) is 9.70. The van der Waals surface area contributed by atoms with Crippen LogP contribution >= 0.6 is 11.3 Å². The molecule has 0 spiro atoms. The predicted octanol–water partition coefficient (Wildman–Crippen LogP) is 3.78. The summed E-state index contributed by atoms with van der Waals surface area (Å²) in [7, 11) is 0. The molecule has 1 saturated heterocycles. The Kier molecular flexibility index (Phi) is 5.71. The summed E-state index contributed by atoms with van der Waals surface area (Å²) in [4.78, 5) is 31.3. The highest BCUT2D eigenvalue weighted by Crippen LogP contribution is 2.26. The summed E-state index contributed by atoms with van der Waals surface area (Å²) in [5, 5.41) is 5.88. The minimum atomic E-state index is -0.305. The van der Waals surface area contributed by atoms with Crippen LogP contribution in [0.2, 0.25) is 0 Å². The van der Waals surface area contributed by atoms with E-state index in [2.05, 4.69) is 29.4 Å². The fourth-order valence-corrected chi connectivity index (χ4v) is 4.46. The van der Waals surface area contributed by atoms with Gasteiger partial charge >= 0.3 is 0 Å². The molecule has 1 N–H and O–H groups in total. The molecule has 5 nitrogen and oxygen atoms in total. The van der Waals surface area contributed by atoms with Gasteiger partial charge in [-0.1, -0.05) is 54.6 Å². The number of amides is 2.